The number of aldehydes is 1. The fourth-order valence-corrected chi connectivity index (χ4v) is 1.18. The second kappa shape index (κ2) is 2.68. The molecule has 1 rings (SSSR count). The number of nitrogens with one attached hydrogen (secondary N) is 1. The van der Waals surface area contributed by atoms with E-state index in [1.54, 1.807) is 0 Å². The molecular weight excluding hydrogens is 130 g/mol. The van der Waals surface area contributed by atoms with Crippen LogP contribution < -0.4 is 5.32 Å². The Morgan fingerprint density at radius 3 is 2.90 bits per heavy atom. The van der Waals surface area contributed by atoms with Crippen LogP contribution in [0, 0.1) is 12.8 Å². The molecule has 0 spiro atoms. The third-order valence-corrected chi connectivity index (χ3v) is 1.97. The van der Waals surface area contributed by atoms with Gasteiger partial charge in [0.15, 0.2) is 6.29 Å². The van der Waals surface area contributed by atoms with Crippen LogP contribution in [-0.4, -0.2) is 30.1 Å². The molecule has 1 radical (unpaired) electrons. The Labute approximate surface area is 60.4 Å². The topological polar surface area (TPSA) is 49.3 Å². The van der Waals surface area contributed by atoms with Gasteiger partial charge >= 0.3 is 0 Å². The third kappa shape index (κ3) is 1.36. The Bertz CT molecular complexity index is 128. The van der Waals surface area contributed by atoms with Crippen LogP contribution in [0.25, 0.3) is 0 Å². The number of aliphatic hydroxyl groups is 1. The van der Waals surface area contributed by atoms with E-state index in [-0.39, 0.29) is 5.92 Å². The lowest BCUT2D eigenvalue weighted by Crippen LogP contribution is -2.37. The minimum atomic E-state index is -1.37. The van der Waals surface area contributed by atoms with Crippen molar-refractivity contribution in [2.45, 2.75) is 12.0 Å². The van der Waals surface area contributed by atoms with E-state index >= 15 is 0 Å². The SMILES string of the molecule is [CH2]C(O)(C=O)C1CCNC1. The second-order valence-corrected chi connectivity index (χ2v) is 2.80. The van der Waals surface area contributed by atoms with Crippen LogP contribution in [0.1, 0.15) is 6.42 Å². The zero-order valence-corrected chi connectivity index (χ0v) is 5.84. The first-order chi connectivity index (χ1) is 4.67. The average molecular weight is 142 g/mol. The number of carbonyl (C=O) groups excluding carboxylic acids is 1. The van der Waals surface area contributed by atoms with Gasteiger partial charge in [-0.1, -0.05) is 0 Å². The maximum absolute atomic E-state index is 10.3. The Balaban J connectivity index is 2.53. The van der Waals surface area contributed by atoms with Crippen LogP contribution in [0.5, 0.6) is 0 Å². The van der Waals surface area contributed by atoms with Crippen molar-refractivity contribution in [1.29, 1.82) is 0 Å². The van der Waals surface area contributed by atoms with E-state index in [0.717, 1.165) is 13.0 Å². The molecule has 3 nitrogen and oxygen atoms in total. The van der Waals surface area contributed by atoms with Gasteiger partial charge in [0.25, 0.3) is 0 Å². The van der Waals surface area contributed by atoms with Gasteiger partial charge in [-0.05, 0) is 19.9 Å². The summed E-state index contributed by atoms with van der Waals surface area (Å²) in [6.07, 6.45) is 1.35. The Hall–Kier alpha value is -0.410. The van der Waals surface area contributed by atoms with Gasteiger partial charge in [-0.3, -0.25) is 0 Å². The fourth-order valence-electron chi connectivity index (χ4n) is 1.18. The molecule has 2 atom stereocenters. The van der Waals surface area contributed by atoms with E-state index in [1.165, 1.54) is 0 Å². The molecule has 0 amide bonds. The van der Waals surface area contributed by atoms with Gasteiger partial charge < -0.3 is 15.2 Å². The van der Waals surface area contributed by atoms with Crippen LogP contribution in [-0.2, 0) is 4.79 Å². The zero-order valence-electron chi connectivity index (χ0n) is 5.84. The van der Waals surface area contributed by atoms with Crippen molar-refractivity contribution >= 4 is 6.29 Å². The van der Waals surface area contributed by atoms with Gasteiger partial charge in [0.05, 0.1) is 0 Å². The Morgan fingerprint density at radius 2 is 2.50 bits per heavy atom. The number of rotatable bonds is 2. The van der Waals surface area contributed by atoms with Crippen molar-refractivity contribution in [3.63, 3.8) is 0 Å². The fraction of sp³-hybridized carbons (Fsp3) is 0.714. The maximum Gasteiger partial charge on any atom is 0.151 e. The molecule has 2 N–H and O–H groups in total. The summed E-state index contributed by atoms with van der Waals surface area (Å²) in [5.41, 5.74) is -1.37. The van der Waals surface area contributed by atoms with Crippen LogP contribution in [0.4, 0.5) is 0 Å². The molecule has 0 aliphatic carbocycles. The monoisotopic (exact) mass is 142 g/mol. The van der Waals surface area contributed by atoms with Gasteiger partial charge in [0, 0.05) is 12.5 Å². The molecule has 57 valence electrons. The lowest BCUT2D eigenvalue weighted by Gasteiger charge is -2.21. The molecule has 0 saturated carbocycles. The van der Waals surface area contributed by atoms with E-state index < -0.39 is 5.60 Å². The van der Waals surface area contributed by atoms with E-state index in [9.17, 15) is 9.90 Å². The number of hydrogen-bond acceptors (Lipinski definition) is 3. The van der Waals surface area contributed by atoms with Crippen molar-refractivity contribution in [3.05, 3.63) is 6.92 Å². The smallest absolute Gasteiger partial charge is 0.151 e. The maximum atomic E-state index is 10.3. The average Bonchev–Trinajstić information content (AvgIpc) is 2.38. The lowest BCUT2D eigenvalue weighted by atomic mass is 9.90. The minimum Gasteiger partial charge on any atom is -0.382 e. The Kier molecular flexibility index (Phi) is 2.06. The predicted molar refractivity (Wildman–Crippen MR) is 37.3 cm³/mol. The molecule has 3 heteroatoms. The first-order valence-electron chi connectivity index (χ1n) is 3.41. The molecule has 1 saturated heterocycles. The summed E-state index contributed by atoms with van der Waals surface area (Å²) in [6, 6.07) is 0. The highest BCUT2D eigenvalue weighted by atomic mass is 16.3. The zero-order chi connectivity index (χ0) is 7.61. The van der Waals surface area contributed by atoms with Gasteiger partial charge in [0.1, 0.15) is 5.60 Å². The molecule has 2 unspecified atom stereocenters. The molecule has 0 aromatic heterocycles. The normalized spacial score (nSPS) is 31.6. The summed E-state index contributed by atoms with van der Waals surface area (Å²) in [4.78, 5) is 10.3. The molecule has 0 aromatic carbocycles. The third-order valence-electron chi connectivity index (χ3n) is 1.97. The van der Waals surface area contributed by atoms with Crippen LogP contribution in [0.3, 0.4) is 0 Å². The molecule has 0 aromatic rings. The molecule has 0 bridgehead atoms. The van der Waals surface area contributed by atoms with Crippen molar-refractivity contribution in [1.82, 2.24) is 5.32 Å². The number of hydrogen-bond donors (Lipinski definition) is 2. The summed E-state index contributed by atoms with van der Waals surface area (Å²) in [7, 11) is 0. The summed E-state index contributed by atoms with van der Waals surface area (Å²) in [5.74, 6) is -0.00926. The molecular formula is C7H12NO2. The van der Waals surface area contributed by atoms with E-state index in [1.807, 2.05) is 0 Å². The van der Waals surface area contributed by atoms with Gasteiger partial charge in [-0.25, -0.2) is 0 Å². The molecule has 10 heavy (non-hydrogen) atoms. The largest absolute Gasteiger partial charge is 0.382 e. The predicted octanol–water partition coefficient (Wildman–Crippen LogP) is -0.640. The van der Waals surface area contributed by atoms with Gasteiger partial charge in [0.2, 0.25) is 0 Å². The van der Waals surface area contributed by atoms with E-state index in [4.69, 9.17) is 0 Å². The first-order valence-corrected chi connectivity index (χ1v) is 3.41. The van der Waals surface area contributed by atoms with E-state index in [0.29, 0.717) is 12.8 Å². The van der Waals surface area contributed by atoms with Gasteiger partial charge in [-0.15, -0.1) is 0 Å². The summed E-state index contributed by atoms with van der Waals surface area (Å²) < 4.78 is 0. The van der Waals surface area contributed by atoms with Crippen LogP contribution in [0.2, 0.25) is 0 Å². The van der Waals surface area contributed by atoms with Crippen molar-refractivity contribution in [3.8, 4) is 0 Å². The standard InChI is InChI=1S/C7H12NO2/c1-7(10,5-9)6-2-3-8-4-6/h5-6,8,10H,1-4H2. The minimum absolute atomic E-state index is 0.00926. The van der Waals surface area contributed by atoms with Crippen LogP contribution in [0.15, 0.2) is 0 Å². The summed E-state index contributed by atoms with van der Waals surface area (Å²) in [5, 5.41) is 12.4. The molecule has 1 fully saturated rings. The Morgan fingerprint density at radius 1 is 1.80 bits per heavy atom. The van der Waals surface area contributed by atoms with Crippen LogP contribution >= 0.6 is 0 Å². The molecule has 1 heterocycles. The highest BCUT2D eigenvalue weighted by Gasteiger charge is 2.33. The summed E-state index contributed by atoms with van der Waals surface area (Å²) in [6.45, 7) is 4.98. The first kappa shape index (κ1) is 7.69. The lowest BCUT2D eigenvalue weighted by molar-refractivity contribution is -0.123. The highest BCUT2D eigenvalue weighted by Crippen LogP contribution is 2.20. The highest BCUT2D eigenvalue weighted by molar-refractivity contribution is 5.63. The summed E-state index contributed by atoms with van der Waals surface area (Å²) >= 11 is 0. The second-order valence-electron chi connectivity index (χ2n) is 2.80. The molecule has 1 aliphatic rings. The molecule has 1 aliphatic heterocycles. The quantitative estimate of drug-likeness (QED) is 0.504. The van der Waals surface area contributed by atoms with Crippen molar-refractivity contribution in [2.75, 3.05) is 13.1 Å². The van der Waals surface area contributed by atoms with Crippen molar-refractivity contribution in [2.24, 2.45) is 5.92 Å². The van der Waals surface area contributed by atoms with Gasteiger partial charge in [-0.2, -0.15) is 0 Å². The van der Waals surface area contributed by atoms with Crippen molar-refractivity contribution < 1.29 is 9.90 Å². The number of carbonyl (C=O) groups is 1. The van der Waals surface area contributed by atoms with E-state index in [2.05, 4.69) is 12.2 Å².